The molecule has 0 aliphatic rings. The van der Waals surface area contributed by atoms with Gasteiger partial charge in [0.1, 0.15) is 0 Å². The number of nitrogens with one attached hydrogen (secondary N) is 3. The molecule has 0 atom stereocenters. The monoisotopic (exact) mass is 415 g/mol. The van der Waals surface area contributed by atoms with Crippen molar-refractivity contribution in [1.82, 2.24) is 21.0 Å². The molecular formula is C19H18ClN5O2S. The van der Waals surface area contributed by atoms with E-state index in [0.717, 1.165) is 16.8 Å². The van der Waals surface area contributed by atoms with Gasteiger partial charge in [-0.05, 0) is 43.4 Å². The molecule has 3 rings (SSSR count). The van der Waals surface area contributed by atoms with Crippen molar-refractivity contribution >= 4 is 40.5 Å². The van der Waals surface area contributed by atoms with Crippen molar-refractivity contribution in [1.29, 1.82) is 0 Å². The number of carbonyl (C=O) groups is 1. The van der Waals surface area contributed by atoms with E-state index in [0.29, 0.717) is 23.2 Å². The molecule has 0 saturated heterocycles. The second kappa shape index (κ2) is 9.29. The van der Waals surface area contributed by atoms with Crippen molar-refractivity contribution in [2.75, 3.05) is 5.32 Å². The number of aryl methyl sites for hydroxylation is 2. The van der Waals surface area contributed by atoms with Crippen molar-refractivity contribution < 1.29 is 9.32 Å². The lowest BCUT2D eigenvalue weighted by molar-refractivity contribution is -0.121. The smallest absolute Gasteiger partial charge is 0.238 e. The molecule has 0 aliphatic heterocycles. The maximum Gasteiger partial charge on any atom is 0.238 e. The molecule has 1 aromatic heterocycles. The quantitative estimate of drug-likeness (QED) is 0.432. The maximum absolute atomic E-state index is 12.0. The standard InChI is InChI=1S/C19H18ClN5O2S/c1-12-2-4-13(5-3-12)18-22-17(27-25-18)11-10-16(26)23-24-19(28)21-15-8-6-14(20)7-9-15/h2-9H,10-11H2,1H3,(H,23,26)(H2,21,24,28). The van der Waals surface area contributed by atoms with Crippen molar-refractivity contribution in [2.24, 2.45) is 0 Å². The van der Waals surface area contributed by atoms with E-state index < -0.39 is 0 Å². The number of thiocarbonyl (C=S) groups is 1. The number of rotatable bonds is 5. The van der Waals surface area contributed by atoms with Gasteiger partial charge in [-0.2, -0.15) is 4.98 Å². The van der Waals surface area contributed by atoms with Gasteiger partial charge in [0.25, 0.3) is 0 Å². The highest BCUT2D eigenvalue weighted by Crippen LogP contribution is 2.17. The lowest BCUT2D eigenvalue weighted by Crippen LogP contribution is -2.43. The van der Waals surface area contributed by atoms with Crippen LogP contribution in [0.15, 0.2) is 53.1 Å². The summed E-state index contributed by atoms with van der Waals surface area (Å²) in [4.78, 5) is 16.3. The number of hydrogen-bond donors (Lipinski definition) is 3. The van der Waals surface area contributed by atoms with E-state index in [9.17, 15) is 4.79 Å². The third-order valence-corrected chi connectivity index (χ3v) is 4.22. The van der Waals surface area contributed by atoms with Gasteiger partial charge in [0.2, 0.25) is 17.6 Å². The number of benzene rings is 2. The second-order valence-electron chi connectivity index (χ2n) is 6.01. The van der Waals surface area contributed by atoms with Crippen molar-refractivity contribution in [3.05, 3.63) is 65.0 Å². The highest BCUT2D eigenvalue weighted by atomic mass is 35.5. The zero-order valence-corrected chi connectivity index (χ0v) is 16.6. The number of hydrogen-bond acceptors (Lipinski definition) is 5. The summed E-state index contributed by atoms with van der Waals surface area (Å²) in [6.07, 6.45) is 0.496. The molecular weight excluding hydrogens is 398 g/mol. The third kappa shape index (κ3) is 5.77. The van der Waals surface area contributed by atoms with Gasteiger partial charge in [0, 0.05) is 29.1 Å². The van der Waals surface area contributed by atoms with Crippen LogP contribution in [0.25, 0.3) is 11.4 Å². The first-order valence-electron chi connectivity index (χ1n) is 8.50. The van der Waals surface area contributed by atoms with Crippen LogP contribution in [0.4, 0.5) is 5.69 Å². The molecule has 28 heavy (non-hydrogen) atoms. The molecule has 0 fully saturated rings. The number of hydrazine groups is 1. The van der Waals surface area contributed by atoms with Crippen LogP contribution in [0.5, 0.6) is 0 Å². The van der Waals surface area contributed by atoms with Crippen LogP contribution in [0.3, 0.4) is 0 Å². The lowest BCUT2D eigenvalue weighted by atomic mass is 10.1. The fourth-order valence-electron chi connectivity index (χ4n) is 2.28. The average Bonchev–Trinajstić information content (AvgIpc) is 3.16. The van der Waals surface area contributed by atoms with Crippen LogP contribution >= 0.6 is 23.8 Å². The summed E-state index contributed by atoms with van der Waals surface area (Å²) in [5.41, 5.74) is 7.93. The first-order chi connectivity index (χ1) is 13.5. The Morgan fingerprint density at radius 1 is 1.11 bits per heavy atom. The van der Waals surface area contributed by atoms with E-state index in [4.69, 9.17) is 28.3 Å². The Morgan fingerprint density at radius 2 is 1.82 bits per heavy atom. The van der Waals surface area contributed by atoms with Crippen LogP contribution in [-0.4, -0.2) is 21.2 Å². The highest BCUT2D eigenvalue weighted by Gasteiger charge is 2.11. The molecule has 0 spiro atoms. The van der Waals surface area contributed by atoms with Crippen LogP contribution < -0.4 is 16.2 Å². The van der Waals surface area contributed by atoms with Gasteiger partial charge in [-0.25, -0.2) is 0 Å². The molecule has 0 aliphatic carbocycles. The zero-order valence-electron chi connectivity index (χ0n) is 15.0. The number of nitrogens with zero attached hydrogens (tertiary/aromatic N) is 2. The minimum absolute atomic E-state index is 0.173. The Kier molecular flexibility index (Phi) is 6.57. The molecule has 9 heteroatoms. The molecule has 3 aromatic rings. The Hall–Kier alpha value is -2.97. The van der Waals surface area contributed by atoms with Gasteiger partial charge in [-0.1, -0.05) is 46.6 Å². The van der Waals surface area contributed by atoms with E-state index in [1.807, 2.05) is 31.2 Å². The van der Waals surface area contributed by atoms with E-state index in [1.54, 1.807) is 24.3 Å². The van der Waals surface area contributed by atoms with E-state index in [-0.39, 0.29) is 17.4 Å². The van der Waals surface area contributed by atoms with Crippen molar-refractivity contribution in [3.8, 4) is 11.4 Å². The summed E-state index contributed by atoms with van der Waals surface area (Å²) >= 11 is 10.9. The molecule has 0 bridgehead atoms. The van der Waals surface area contributed by atoms with Crippen LogP contribution in [0, 0.1) is 6.92 Å². The first kappa shape index (κ1) is 19.8. The summed E-state index contributed by atoms with van der Waals surface area (Å²) in [5.74, 6) is 0.643. The molecule has 7 nitrogen and oxygen atoms in total. The summed E-state index contributed by atoms with van der Waals surface area (Å²) in [7, 11) is 0. The molecule has 0 radical (unpaired) electrons. The third-order valence-electron chi connectivity index (χ3n) is 3.76. The summed E-state index contributed by atoms with van der Waals surface area (Å²) in [6, 6.07) is 14.8. The minimum atomic E-state index is -0.254. The SMILES string of the molecule is Cc1ccc(-c2noc(CCC(=O)NNC(=S)Nc3ccc(Cl)cc3)n2)cc1. The van der Waals surface area contributed by atoms with Crippen LogP contribution in [-0.2, 0) is 11.2 Å². The van der Waals surface area contributed by atoms with E-state index >= 15 is 0 Å². The Labute approximate surface area is 172 Å². The fourth-order valence-corrected chi connectivity index (χ4v) is 2.58. The van der Waals surface area contributed by atoms with Gasteiger partial charge in [-0.15, -0.1) is 0 Å². The van der Waals surface area contributed by atoms with Gasteiger partial charge >= 0.3 is 0 Å². The topological polar surface area (TPSA) is 92.1 Å². The summed E-state index contributed by atoms with van der Waals surface area (Å²) < 4.78 is 5.20. The van der Waals surface area contributed by atoms with Gasteiger partial charge in [-0.3, -0.25) is 15.6 Å². The highest BCUT2D eigenvalue weighted by molar-refractivity contribution is 7.80. The van der Waals surface area contributed by atoms with E-state index in [1.165, 1.54) is 0 Å². The van der Waals surface area contributed by atoms with E-state index in [2.05, 4.69) is 26.3 Å². The molecule has 2 aromatic carbocycles. The summed E-state index contributed by atoms with van der Waals surface area (Å²) in [6.45, 7) is 2.01. The summed E-state index contributed by atoms with van der Waals surface area (Å²) in [5, 5.41) is 7.77. The normalized spacial score (nSPS) is 10.4. The predicted octanol–water partition coefficient (Wildman–Crippen LogP) is 3.65. The molecule has 3 N–H and O–H groups in total. The molecule has 144 valence electrons. The maximum atomic E-state index is 12.0. The first-order valence-corrected chi connectivity index (χ1v) is 9.29. The Morgan fingerprint density at radius 3 is 2.54 bits per heavy atom. The van der Waals surface area contributed by atoms with Crippen molar-refractivity contribution in [2.45, 2.75) is 19.8 Å². The van der Waals surface area contributed by atoms with Gasteiger partial charge < -0.3 is 9.84 Å². The average molecular weight is 416 g/mol. The van der Waals surface area contributed by atoms with Crippen molar-refractivity contribution in [3.63, 3.8) is 0 Å². The molecule has 1 amide bonds. The molecule has 0 unspecified atom stereocenters. The predicted molar refractivity (Wildman–Crippen MR) is 112 cm³/mol. The number of anilines is 1. The Balaban J connectivity index is 1.42. The largest absolute Gasteiger partial charge is 0.339 e. The lowest BCUT2D eigenvalue weighted by Gasteiger charge is -2.11. The molecule has 0 saturated carbocycles. The van der Waals surface area contributed by atoms with Crippen LogP contribution in [0.1, 0.15) is 17.9 Å². The number of amides is 1. The zero-order chi connectivity index (χ0) is 19.9. The van der Waals surface area contributed by atoms with Gasteiger partial charge in [0.05, 0.1) is 0 Å². The Bertz CT molecular complexity index is 957. The second-order valence-corrected chi connectivity index (χ2v) is 6.86. The van der Waals surface area contributed by atoms with Gasteiger partial charge in [0.15, 0.2) is 5.11 Å². The fraction of sp³-hybridized carbons (Fsp3) is 0.158. The van der Waals surface area contributed by atoms with Crippen LogP contribution in [0.2, 0.25) is 5.02 Å². The molecule has 1 heterocycles. The minimum Gasteiger partial charge on any atom is -0.339 e. The number of aromatic nitrogens is 2. The number of halogens is 1. The number of carbonyl (C=O) groups excluding carboxylic acids is 1.